The van der Waals surface area contributed by atoms with E-state index in [1.54, 1.807) is 73.7 Å². The summed E-state index contributed by atoms with van der Waals surface area (Å²) in [6.45, 7) is 1.89. The summed E-state index contributed by atoms with van der Waals surface area (Å²) in [5, 5.41) is 10.4. The minimum absolute atomic E-state index is 0.135. The van der Waals surface area contributed by atoms with Crippen LogP contribution in [-0.2, 0) is 9.53 Å². The number of aromatic nitrogens is 2. The van der Waals surface area contributed by atoms with Crippen LogP contribution < -0.4 is 10.6 Å². The van der Waals surface area contributed by atoms with Gasteiger partial charge in [0, 0.05) is 22.3 Å². The molecule has 0 unspecified atom stereocenters. The molecule has 0 radical (unpaired) electrons. The number of ether oxygens (including phenoxy) is 1. The SMILES string of the molecule is CCOC(=O)c1cnn(-c2ccccc2)c1NC(=O)c1ccc(NC(=O)C=Cc2ccc(Cl)cc2)cc1. The van der Waals surface area contributed by atoms with Gasteiger partial charge in [-0.3, -0.25) is 9.59 Å². The quantitative estimate of drug-likeness (QED) is 0.235. The Morgan fingerprint density at radius 1 is 0.946 bits per heavy atom. The van der Waals surface area contributed by atoms with Gasteiger partial charge in [-0.15, -0.1) is 0 Å². The monoisotopic (exact) mass is 514 g/mol. The van der Waals surface area contributed by atoms with Crippen LogP contribution in [0.5, 0.6) is 0 Å². The van der Waals surface area contributed by atoms with Crippen molar-refractivity contribution < 1.29 is 19.1 Å². The Kier molecular flexibility index (Phi) is 8.12. The molecule has 2 amide bonds. The first-order chi connectivity index (χ1) is 17.9. The van der Waals surface area contributed by atoms with Gasteiger partial charge in [0.25, 0.3) is 5.91 Å². The van der Waals surface area contributed by atoms with Crippen LogP contribution in [0.25, 0.3) is 11.8 Å². The van der Waals surface area contributed by atoms with Gasteiger partial charge in [0.1, 0.15) is 5.56 Å². The van der Waals surface area contributed by atoms with Crippen molar-refractivity contribution in [2.75, 3.05) is 17.2 Å². The number of halogens is 1. The third kappa shape index (κ3) is 6.50. The van der Waals surface area contributed by atoms with Gasteiger partial charge in [-0.1, -0.05) is 41.9 Å². The number of carbonyl (C=O) groups excluding carboxylic acids is 3. The van der Waals surface area contributed by atoms with Gasteiger partial charge in [0.15, 0.2) is 5.82 Å². The van der Waals surface area contributed by atoms with Gasteiger partial charge < -0.3 is 15.4 Å². The molecule has 0 bridgehead atoms. The largest absolute Gasteiger partial charge is 0.462 e. The summed E-state index contributed by atoms with van der Waals surface area (Å²) in [6, 6.07) is 22.6. The predicted octanol–water partition coefficient (Wildman–Crippen LogP) is 5.61. The average molecular weight is 515 g/mol. The second-order valence-electron chi connectivity index (χ2n) is 7.78. The van der Waals surface area contributed by atoms with E-state index in [2.05, 4.69) is 15.7 Å². The number of para-hydroxylation sites is 1. The third-order valence-corrected chi connectivity index (χ3v) is 5.46. The van der Waals surface area contributed by atoms with Crippen molar-refractivity contribution in [1.29, 1.82) is 0 Å². The Balaban J connectivity index is 1.47. The summed E-state index contributed by atoms with van der Waals surface area (Å²) < 4.78 is 6.58. The van der Waals surface area contributed by atoms with Crippen molar-refractivity contribution in [3.63, 3.8) is 0 Å². The lowest BCUT2D eigenvalue weighted by Crippen LogP contribution is -2.18. The fourth-order valence-electron chi connectivity index (χ4n) is 3.41. The summed E-state index contributed by atoms with van der Waals surface area (Å²) in [7, 11) is 0. The van der Waals surface area contributed by atoms with Crippen molar-refractivity contribution in [1.82, 2.24) is 9.78 Å². The lowest BCUT2D eigenvalue weighted by molar-refractivity contribution is -0.111. The van der Waals surface area contributed by atoms with Crippen LogP contribution in [0, 0.1) is 0 Å². The van der Waals surface area contributed by atoms with E-state index >= 15 is 0 Å². The molecule has 4 aromatic rings. The maximum absolute atomic E-state index is 13.0. The van der Waals surface area contributed by atoms with E-state index in [-0.39, 0.29) is 23.9 Å². The Hall–Kier alpha value is -4.69. The zero-order chi connectivity index (χ0) is 26.2. The molecule has 4 rings (SSSR count). The lowest BCUT2D eigenvalue weighted by atomic mass is 10.2. The van der Waals surface area contributed by atoms with Crippen LogP contribution in [-0.4, -0.2) is 34.2 Å². The molecule has 0 saturated heterocycles. The second-order valence-corrected chi connectivity index (χ2v) is 8.22. The minimum atomic E-state index is -0.593. The predicted molar refractivity (Wildman–Crippen MR) is 143 cm³/mol. The summed E-state index contributed by atoms with van der Waals surface area (Å²) >= 11 is 5.87. The molecule has 2 N–H and O–H groups in total. The van der Waals surface area contributed by atoms with E-state index in [0.29, 0.717) is 22.0 Å². The Bertz CT molecular complexity index is 1430. The van der Waals surface area contributed by atoms with E-state index in [1.165, 1.54) is 17.0 Å². The fourth-order valence-corrected chi connectivity index (χ4v) is 3.53. The smallest absolute Gasteiger partial charge is 0.343 e. The first kappa shape index (κ1) is 25.4. The maximum atomic E-state index is 13.0. The third-order valence-electron chi connectivity index (χ3n) is 5.21. The number of hydrogen-bond acceptors (Lipinski definition) is 5. The highest BCUT2D eigenvalue weighted by Crippen LogP contribution is 2.22. The molecule has 3 aromatic carbocycles. The molecule has 37 heavy (non-hydrogen) atoms. The number of rotatable bonds is 8. The van der Waals surface area contributed by atoms with Crippen LogP contribution in [0.1, 0.15) is 33.2 Å². The normalized spacial score (nSPS) is 10.8. The van der Waals surface area contributed by atoms with Gasteiger partial charge in [-0.2, -0.15) is 5.10 Å². The van der Waals surface area contributed by atoms with E-state index < -0.39 is 11.9 Å². The van der Waals surface area contributed by atoms with Gasteiger partial charge >= 0.3 is 5.97 Å². The van der Waals surface area contributed by atoms with E-state index in [4.69, 9.17) is 16.3 Å². The molecule has 0 fully saturated rings. The molecule has 0 spiro atoms. The molecular weight excluding hydrogens is 492 g/mol. The first-order valence-corrected chi connectivity index (χ1v) is 11.8. The van der Waals surface area contributed by atoms with Crippen molar-refractivity contribution in [2.24, 2.45) is 0 Å². The Morgan fingerprint density at radius 2 is 1.65 bits per heavy atom. The van der Waals surface area contributed by atoms with Crippen LogP contribution in [0.3, 0.4) is 0 Å². The first-order valence-electron chi connectivity index (χ1n) is 11.4. The molecule has 1 heterocycles. The summed E-state index contributed by atoms with van der Waals surface area (Å²) in [6.07, 6.45) is 4.44. The summed E-state index contributed by atoms with van der Waals surface area (Å²) in [4.78, 5) is 37.7. The van der Waals surface area contributed by atoms with Crippen LogP contribution in [0.4, 0.5) is 11.5 Å². The van der Waals surface area contributed by atoms with Gasteiger partial charge in [0.05, 0.1) is 18.5 Å². The number of amides is 2. The summed E-state index contributed by atoms with van der Waals surface area (Å²) in [5.74, 6) is -1.18. The van der Waals surface area contributed by atoms with Crippen molar-refractivity contribution in [3.05, 3.63) is 113 Å². The highest BCUT2D eigenvalue weighted by Gasteiger charge is 2.22. The molecule has 0 aliphatic heterocycles. The van der Waals surface area contributed by atoms with Gasteiger partial charge in [-0.25, -0.2) is 9.48 Å². The molecule has 0 aliphatic carbocycles. The zero-order valence-electron chi connectivity index (χ0n) is 19.9. The van der Waals surface area contributed by atoms with E-state index in [0.717, 1.165) is 5.56 Å². The van der Waals surface area contributed by atoms with Crippen LogP contribution >= 0.6 is 11.6 Å². The zero-order valence-corrected chi connectivity index (χ0v) is 20.6. The van der Waals surface area contributed by atoms with Gasteiger partial charge in [-0.05, 0) is 67.1 Å². The van der Waals surface area contributed by atoms with E-state index in [1.807, 2.05) is 18.2 Å². The molecule has 186 valence electrons. The lowest BCUT2D eigenvalue weighted by Gasteiger charge is -2.11. The Morgan fingerprint density at radius 3 is 2.32 bits per heavy atom. The molecule has 8 nitrogen and oxygen atoms in total. The molecule has 0 saturated carbocycles. The number of carbonyl (C=O) groups is 3. The maximum Gasteiger partial charge on any atom is 0.343 e. The van der Waals surface area contributed by atoms with Gasteiger partial charge in [0.2, 0.25) is 5.91 Å². The molecule has 0 aliphatic rings. The highest BCUT2D eigenvalue weighted by atomic mass is 35.5. The van der Waals surface area contributed by atoms with Crippen molar-refractivity contribution >= 4 is 47.0 Å². The average Bonchev–Trinajstić information content (AvgIpc) is 3.33. The second kappa shape index (κ2) is 11.8. The molecule has 9 heteroatoms. The molecule has 0 atom stereocenters. The number of anilines is 2. The molecule has 1 aromatic heterocycles. The summed E-state index contributed by atoms with van der Waals surface area (Å²) in [5.41, 5.74) is 2.48. The minimum Gasteiger partial charge on any atom is -0.462 e. The van der Waals surface area contributed by atoms with Crippen molar-refractivity contribution in [2.45, 2.75) is 6.92 Å². The topological polar surface area (TPSA) is 102 Å². The number of nitrogens with zero attached hydrogens (tertiary/aromatic N) is 2. The molecular formula is C28H23ClN4O4. The number of esters is 1. The fraction of sp³-hybridized carbons (Fsp3) is 0.0714. The number of hydrogen-bond donors (Lipinski definition) is 2. The number of nitrogens with one attached hydrogen (secondary N) is 2. The number of benzene rings is 3. The van der Waals surface area contributed by atoms with Crippen LogP contribution in [0.15, 0.2) is 91.1 Å². The van der Waals surface area contributed by atoms with Crippen molar-refractivity contribution in [3.8, 4) is 5.69 Å². The Labute approximate surface area is 218 Å². The van der Waals surface area contributed by atoms with E-state index in [9.17, 15) is 14.4 Å². The highest BCUT2D eigenvalue weighted by molar-refractivity contribution is 6.30. The standard InChI is InChI=1S/C28H23ClN4O4/c1-2-37-28(36)24-18-30-33(23-6-4-3-5-7-23)26(24)32-27(35)20-11-15-22(16-12-20)31-25(34)17-10-19-8-13-21(29)14-9-19/h3-18H,2H2,1H3,(H,31,34)(H,32,35). The van der Waals surface area contributed by atoms with Crippen LogP contribution in [0.2, 0.25) is 5.02 Å².